The van der Waals surface area contributed by atoms with Gasteiger partial charge in [0.1, 0.15) is 0 Å². The Morgan fingerprint density at radius 1 is 0.786 bits per heavy atom. The van der Waals surface area contributed by atoms with E-state index < -0.39 is 0 Å². The van der Waals surface area contributed by atoms with Gasteiger partial charge in [-0.1, -0.05) is 6.42 Å². The van der Waals surface area contributed by atoms with Crippen LogP contribution in [-0.2, 0) is 0 Å². The molecule has 0 fully saturated rings. The molecule has 0 rings (SSSR count). The zero-order chi connectivity index (χ0) is 10.6. The summed E-state index contributed by atoms with van der Waals surface area (Å²) in [6.07, 6.45) is 5.57. The molecule has 4 nitrogen and oxygen atoms in total. The third-order valence-corrected chi connectivity index (χ3v) is 2.34. The largest absolute Gasteiger partial charge is 0.330 e. The van der Waals surface area contributed by atoms with Crippen molar-refractivity contribution in [1.29, 1.82) is 0 Å². The summed E-state index contributed by atoms with van der Waals surface area (Å²) in [5.41, 5.74) is 16.4. The van der Waals surface area contributed by atoms with Crippen LogP contribution in [0.5, 0.6) is 0 Å². The van der Waals surface area contributed by atoms with Gasteiger partial charge in [0.25, 0.3) is 0 Å². The normalized spacial score (nSPS) is 13.1. The van der Waals surface area contributed by atoms with Crippen LogP contribution in [0.4, 0.5) is 0 Å². The Hall–Kier alpha value is -0.160. The highest BCUT2D eigenvalue weighted by molar-refractivity contribution is 4.67. The molecule has 1 unspecified atom stereocenters. The van der Waals surface area contributed by atoms with Gasteiger partial charge in [0.15, 0.2) is 0 Å². The molecule has 0 saturated heterocycles. The monoisotopic (exact) mass is 202 g/mol. The first-order chi connectivity index (χ1) is 6.85. The van der Waals surface area contributed by atoms with Crippen LogP contribution in [0.25, 0.3) is 0 Å². The van der Waals surface area contributed by atoms with Gasteiger partial charge in [0.2, 0.25) is 0 Å². The standard InChI is InChI=1S/C10H26N4/c11-6-2-1-4-10(5-8-13)14-9-3-7-12/h10,14H,1-9,11-13H2. The molecule has 7 N–H and O–H groups in total. The fourth-order valence-corrected chi connectivity index (χ4v) is 1.49. The molecule has 1 atom stereocenters. The molecule has 0 aliphatic carbocycles. The Morgan fingerprint density at radius 3 is 2.07 bits per heavy atom. The molecule has 86 valence electrons. The Kier molecular flexibility index (Phi) is 10.8. The van der Waals surface area contributed by atoms with E-state index in [0.29, 0.717) is 6.04 Å². The highest BCUT2D eigenvalue weighted by Crippen LogP contribution is 2.03. The molecule has 0 aromatic heterocycles. The van der Waals surface area contributed by atoms with Gasteiger partial charge in [-0.05, 0) is 51.9 Å². The van der Waals surface area contributed by atoms with Crippen molar-refractivity contribution in [2.24, 2.45) is 17.2 Å². The van der Waals surface area contributed by atoms with Gasteiger partial charge in [0, 0.05) is 6.04 Å². The Labute approximate surface area is 87.6 Å². The summed E-state index contributed by atoms with van der Waals surface area (Å²) in [5.74, 6) is 0. The lowest BCUT2D eigenvalue weighted by Gasteiger charge is -2.17. The minimum absolute atomic E-state index is 0.554. The first kappa shape index (κ1) is 13.8. The molecule has 0 amide bonds. The van der Waals surface area contributed by atoms with Gasteiger partial charge in [0.05, 0.1) is 0 Å². The number of hydrogen-bond donors (Lipinski definition) is 4. The van der Waals surface area contributed by atoms with Crippen LogP contribution in [-0.4, -0.2) is 32.2 Å². The molecular weight excluding hydrogens is 176 g/mol. The van der Waals surface area contributed by atoms with E-state index in [9.17, 15) is 0 Å². The maximum absolute atomic E-state index is 5.55. The fraction of sp³-hybridized carbons (Fsp3) is 1.00. The summed E-state index contributed by atoms with van der Waals surface area (Å²) >= 11 is 0. The second-order valence-electron chi connectivity index (χ2n) is 3.66. The number of hydrogen-bond acceptors (Lipinski definition) is 4. The Morgan fingerprint density at radius 2 is 1.50 bits per heavy atom. The van der Waals surface area contributed by atoms with Crippen molar-refractivity contribution >= 4 is 0 Å². The predicted molar refractivity (Wildman–Crippen MR) is 62.0 cm³/mol. The molecule has 0 heterocycles. The molecule has 0 aromatic rings. The second kappa shape index (κ2) is 10.9. The molecule has 4 heteroatoms. The van der Waals surface area contributed by atoms with Crippen molar-refractivity contribution in [3.8, 4) is 0 Å². The number of nitrogens with one attached hydrogen (secondary N) is 1. The van der Waals surface area contributed by atoms with Crippen molar-refractivity contribution in [2.75, 3.05) is 26.2 Å². The van der Waals surface area contributed by atoms with E-state index in [0.717, 1.165) is 45.4 Å². The summed E-state index contributed by atoms with van der Waals surface area (Å²) in [4.78, 5) is 0. The van der Waals surface area contributed by atoms with Crippen molar-refractivity contribution in [2.45, 2.75) is 38.1 Å². The molecule has 0 bridgehead atoms. The van der Waals surface area contributed by atoms with Crippen molar-refractivity contribution in [3.05, 3.63) is 0 Å². The summed E-state index contributed by atoms with van der Waals surface area (Å²) in [5, 5.41) is 3.48. The summed E-state index contributed by atoms with van der Waals surface area (Å²) in [6, 6.07) is 0.554. The van der Waals surface area contributed by atoms with E-state index in [1.807, 2.05) is 0 Å². The maximum Gasteiger partial charge on any atom is 0.00790 e. The minimum atomic E-state index is 0.554. The maximum atomic E-state index is 5.55. The van der Waals surface area contributed by atoms with Gasteiger partial charge in [-0.15, -0.1) is 0 Å². The van der Waals surface area contributed by atoms with E-state index in [2.05, 4.69) is 5.32 Å². The van der Waals surface area contributed by atoms with Crippen LogP contribution in [0.1, 0.15) is 32.1 Å². The van der Waals surface area contributed by atoms with Crippen LogP contribution in [0.3, 0.4) is 0 Å². The van der Waals surface area contributed by atoms with E-state index >= 15 is 0 Å². The zero-order valence-electron chi connectivity index (χ0n) is 9.17. The molecule has 0 radical (unpaired) electrons. The summed E-state index contributed by atoms with van der Waals surface area (Å²) < 4.78 is 0. The fourth-order valence-electron chi connectivity index (χ4n) is 1.49. The smallest absolute Gasteiger partial charge is 0.00790 e. The van der Waals surface area contributed by atoms with Gasteiger partial charge in [-0.3, -0.25) is 0 Å². The SMILES string of the molecule is NCCCCC(CCN)NCCCN. The van der Waals surface area contributed by atoms with E-state index in [1.54, 1.807) is 0 Å². The molecule has 14 heavy (non-hydrogen) atoms. The van der Waals surface area contributed by atoms with Crippen molar-refractivity contribution in [3.63, 3.8) is 0 Å². The zero-order valence-corrected chi connectivity index (χ0v) is 9.17. The highest BCUT2D eigenvalue weighted by Gasteiger charge is 2.05. The predicted octanol–water partition coefficient (Wildman–Crippen LogP) is -0.229. The third kappa shape index (κ3) is 8.44. The van der Waals surface area contributed by atoms with Crippen LogP contribution in [0.2, 0.25) is 0 Å². The van der Waals surface area contributed by atoms with E-state index in [-0.39, 0.29) is 0 Å². The van der Waals surface area contributed by atoms with Gasteiger partial charge >= 0.3 is 0 Å². The quantitative estimate of drug-likeness (QED) is 0.368. The molecule has 0 aromatic carbocycles. The molecule has 0 aliphatic rings. The van der Waals surface area contributed by atoms with E-state index in [1.165, 1.54) is 12.8 Å². The summed E-state index contributed by atoms with van der Waals surface area (Å²) in [6.45, 7) is 3.30. The molecular formula is C10H26N4. The van der Waals surface area contributed by atoms with Gasteiger partial charge in [-0.25, -0.2) is 0 Å². The van der Waals surface area contributed by atoms with Crippen LogP contribution in [0.15, 0.2) is 0 Å². The third-order valence-electron chi connectivity index (χ3n) is 2.34. The molecule has 0 aliphatic heterocycles. The first-order valence-electron chi connectivity index (χ1n) is 5.68. The molecule has 0 saturated carbocycles. The number of rotatable bonds is 10. The Balaban J connectivity index is 3.44. The lowest BCUT2D eigenvalue weighted by atomic mass is 10.1. The minimum Gasteiger partial charge on any atom is -0.330 e. The topological polar surface area (TPSA) is 90.1 Å². The first-order valence-corrected chi connectivity index (χ1v) is 5.68. The summed E-state index contributed by atoms with van der Waals surface area (Å²) in [7, 11) is 0. The van der Waals surface area contributed by atoms with Crippen LogP contribution in [0, 0.1) is 0 Å². The average Bonchev–Trinajstić information content (AvgIpc) is 2.18. The highest BCUT2D eigenvalue weighted by atomic mass is 14.9. The molecule has 0 spiro atoms. The Bertz CT molecular complexity index is 98.3. The van der Waals surface area contributed by atoms with Crippen LogP contribution >= 0.6 is 0 Å². The average molecular weight is 202 g/mol. The van der Waals surface area contributed by atoms with Crippen molar-refractivity contribution < 1.29 is 0 Å². The van der Waals surface area contributed by atoms with Crippen LogP contribution < -0.4 is 22.5 Å². The lowest BCUT2D eigenvalue weighted by molar-refractivity contribution is 0.439. The van der Waals surface area contributed by atoms with Gasteiger partial charge < -0.3 is 22.5 Å². The number of unbranched alkanes of at least 4 members (excludes halogenated alkanes) is 1. The van der Waals surface area contributed by atoms with Gasteiger partial charge in [-0.2, -0.15) is 0 Å². The van der Waals surface area contributed by atoms with Crippen molar-refractivity contribution in [1.82, 2.24) is 5.32 Å². The number of nitrogens with two attached hydrogens (primary N) is 3. The second-order valence-corrected chi connectivity index (χ2v) is 3.66. The lowest BCUT2D eigenvalue weighted by Crippen LogP contribution is -2.33. The van der Waals surface area contributed by atoms with E-state index in [4.69, 9.17) is 17.2 Å².